The molecule has 0 bridgehead atoms. The van der Waals surface area contributed by atoms with E-state index < -0.39 is 0 Å². The highest BCUT2D eigenvalue weighted by Gasteiger charge is 2.19. The molecule has 0 aliphatic carbocycles. The van der Waals surface area contributed by atoms with Crippen molar-refractivity contribution in [3.8, 4) is 23.0 Å². The molecule has 1 aliphatic rings. The summed E-state index contributed by atoms with van der Waals surface area (Å²) in [6.07, 6.45) is 0.0728. The van der Waals surface area contributed by atoms with E-state index in [4.69, 9.17) is 18.3 Å². The summed E-state index contributed by atoms with van der Waals surface area (Å²) in [7, 11) is 0. The van der Waals surface area contributed by atoms with Crippen LogP contribution in [-0.4, -0.2) is 22.7 Å². The number of aromatic nitrogens is 2. The van der Waals surface area contributed by atoms with E-state index in [2.05, 4.69) is 15.3 Å². The number of para-hydroxylation sites is 1. The Balaban J connectivity index is 1.36. The minimum absolute atomic E-state index is 0.0728. The zero-order chi connectivity index (χ0) is 20.0. The van der Waals surface area contributed by atoms with Gasteiger partial charge in [-0.15, -0.1) is 0 Å². The molecule has 2 aromatic heterocycles. The van der Waals surface area contributed by atoms with Gasteiger partial charge in [0.25, 0.3) is 0 Å². The van der Waals surface area contributed by atoms with Gasteiger partial charge in [0.2, 0.25) is 18.6 Å². The van der Waals surface area contributed by atoms with Crippen molar-refractivity contribution >= 4 is 22.7 Å². The van der Waals surface area contributed by atoms with E-state index in [1.54, 1.807) is 19.9 Å². The molecular weight excluding hydrogens is 374 g/mol. The topological polar surface area (TPSA) is 99.6 Å². The third-order valence-electron chi connectivity index (χ3n) is 4.64. The molecule has 0 unspecified atom stereocenters. The molecule has 4 aromatic rings. The van der Waals surface area contributed by atoms with Crippen LogP contribution in [0.3, 0.4) is 0 Å². The number of oxazole rings is 2. The third-order valence-corrected chi connectivity index (χ3v) is 4.64. The SMILES string of the molecule is Cc1nc2cccc(NC(=O)Cc3nc(-c4ccc5c(c4)OCO5)oc3C)c2o1. The maximum Gasteiger partial charge on any atom is 0.231 e. The molecule has 146 valence electrons. The lowest BCUT2D eigenvalue weighted by Gasteiger charge is -2.04. The monoisotopic (exact) mass is 391 g/mol. The Bertz CT molecular complexity index is 1240. The fourth-order valence-corrected chi connectivity index (χ4v) is 3.25. The first-order chi connectivity index (χ1) is 14.1. The van der Waals surface area contributed by atoms with Gasteiger partial charge in [-0.05, 0) is 37.3 Å². The van der Waals surface area contributed by atoms with Crippen molar-refractivity contribution in [2.24, 2.45) is 0 Å². The van der Waals surface area contributed by atoms with Gasteiger partial charge in [0.1, 0.15) is 11.3 Å². The Morgan fingerprint density at radius 3 is 2.83 bits per heavy atom. The maximum atomic E-state index is 12.6. The van der Waals surface area contributed by atoms with Gasteiger partial charge < -0.3 is 23.6 Å². The van der Waals surface area contributed by atoms with Gasteiger partial charge in [0.15, 0.2) is 23.0 Å². The van der Waals surface area contributed by atoms with Crippen LogP contribution >= 0.6 is 0 Å². The molecule has 1 aliphatic heterocycles. The van der Waals surface area contributed by atoms with Crippen molar-refractivity contribution in [2.75, 3.05) is 12.1 Å². The standard InChI is InChI=1S/C21H17N3O5/c1-11-16(24-21(28-11)13-6-7-17-18(8-13)27-10-26-17)9-19(25)23-15-5-3-4-14-20(15)29-12(2)22-14/h3-8H,9-10H2,1-2H3,(H,23,25). The van der Waals surface area contributed by atoms with Crippen LogP contribution in [0.1, 0.15) is 17.3 Å². The molecule has 0 saturated heterocycles. The number of carbonyl (C=O) groups is 1. The van der Waals surface area contributed by atoms with E-state index >= 15 is 0 Å². The normalized spacial score (nSPS) is 12.5. The lowest BCUT2D eigenvalue weighted by molar-refractivity contribution is -0.115. The van der Waals surface area contributed by atoms with E-state index in [0.29, 0.717) is 51.5 Å². The van der Waals surface area contributed by atoms with Gasteiger partial charge in [-0.2, -0.15) is 0 Å². The summed E-state index contributed by atoms with van der Waals surface area (Å²) in [5, 5.41) is 2.87. The zero-order valence-corrected chi connectivity index (χ0v) is 15.8. The number of amides is 1. The van der Waals surface area contributed by atoms with Crippen LogP contribution in [0.5, 0.6) is 11.5 Å². The number of ether oxygens (including phenoxy) is 2. The zero-order valence-electron chi connectivity index (χ0n) is 15.8. The summed E-state index contributed by atoms with van der Waals surface area (Å²) in [6, 6.07) is 10.9. The fourth-order valence-electron chi connectivity index (χ4n) is 3.25. The van der Waals surface area contributed by atoms with E-state index in [-0.39, 0.29) is 19.1 Å². The van der Waals surface area contributed by atoms with Gasteiger partial charge in [-0.1, -0.05) is 6.07 Å². The fraction of sp³-hybridized carbons (Fsp3) is 0.190. The summed E-state index contributed by atoms with van der Waals surface area (Å²) in [6.45, 7) is 3.75. The molecule has 5 rings (SSSR count). The van der Waals surface area contributed by atoms with Crippen molar-refractivity contribution in [1.29, 1.82) is 0 Å². The summed E-state index contributed by atoms with van der Waals surface area (Å²) in [5.41, 5.74) is 3.14. The van der Waals surface area contributed by atoms with Gasteiger partial charge >= 0.3 is 0 Å². The van der Waals surface area contributed by atoms with Crippen molar-refractivity contribution in [1.82, 2.24) is 9.97 Å². The Morgan fingerprint density at radius 1 is 1.07 bits per heavy atom. The third kappa shape index (κ3) is 3.18. The lowest BCUT2D eigenvalue weighted by Crippen LogP contribution is -2.15. The summed E-state index contributed by atoms with van der Waals surface area (Å²) in [4.78, 5) is 21.4. The first-order valence-electron chi connectivity index (χ1n) is 9.09. The minimum atomic E-state index is -0.222. The second-order valence-electron chi connectivity index (χ2n) is 6.70. The first kappa shape index (κ1) is 17.3. The molecule has 0 saturated carbocycles. The average Bonchev–Trinajstić information content (AvgIpc) is 3.39. The second kappa shape index (κ2) is 6.66. The molecule has 1 N–H and O–H groups in total. The highest BCUT2D eigenvalue weighted by Crippen LogP contribution is 2.36. The Labute approximate surface area is 165 Å². The predicted molar refractivity (Wildman–Crippen MR) is 104 cm³/mol. The smallest absolute Gasteiger partial charge is 0.231 e. The number of carbonyl (C=O) groups excluding carboxylic acids is 1. The molecule has 3 heterocycles. The molecule has 29 heavy (non-hydrogen) atoms. The highest BCUT2D eigenvalue weighted by molar-refractivity contribution is 5.99. The number of nitrogens with one attached hydrogen (secondary N) is 1. The van der Waals surface area contributed by atoms with Gasteiger partial charge in [0, 0.05) is 12.5 Å². The molecule has 0 spiro atoms. The van der Waals surface area contributed by atoms with E-state index in [1.807, 2.05) is 30.3 Å². The van der Waals surface area contributed by atoms with Crippen molar-refractivity contribution in [3.63, 3.8) is 0 Å². The van der Waals surface area contributed by atoms with Gasteiger partial charge in [-0.25, -0.2) is 9.97 Å². The van der Waals surface area contributed by atoms with E-state index in [9.17, 15) is 4.79 Å². The molecule has 0 radical (unpaired) electrons. The van der Waals surface area contributed by atoms with Crippen LogP contribution in [-0.2, 0) is 11.2 Å². The molecule has 8 heteroatoms. The average molecular weight is 391 g/mol. The Morgan fingerprint density at radius 2 is 1.93 bits per heavy atom. The quantitative estimate of drug-likeness (QED) is 0.561. The largest absolute Gasteiger partial charge is 0.454 e. The molecular formula is C21H17N3O5. The van der Waals surface area contributed by atoms with Crippen molar-refractivity contribution < 1.29 is 23.1 Å². The first-order valence-corrected chi connectivity index (χ1v) is 9.09. The van der Waals surface area contributed by atoms with Crippen LogP contribution in [0.15, 0.2) is 45.2 Å². The maximum absolute atomic E-state index is 12.6. The lowest BCUT2D eigenvalue weighted by atomic mass is 10.2. The molecule has 0 atom stereocenters. The summed E-state index contributed by atoms with van der Waals surface area (Å²) < 4.78 is 22.1. The molecule has 2 aromatic carbocycles. The highest BCUT2D eigenvalue weighted by atomic mass is 16.7. The number of nitrogens with zero attached hydrogens (tertiary/aromatic N) is 2. The Hall–Kier alpha value is -3.81. The molecule has 8 nitrogen and oxygen atoms in total. The van der Waals surface area contributed by atoms with Crippen molar-refractivity contribution in [3.05, 3.63) is 53.7 Å². The van der Waals surface area contributed by atoms with Crippen LogP contribution in [0.4, 0.5) is 5.69 Å². The van der Waals surface area contributed by atoms with Crippen LogP contribution in [0.2, 0.25) is 0 Å². The molecule has 1 amide bonds. The number of anilines is 1. The van der Waals surface area contributed by atoms with Crippen LogP contribution in [0.25, 0.3) is 22.6 Å². The number of fused-ring (bicyclic) bond motifs is 2. The number of aryl methyl sites for hydroxylation is 2. The van der Waals surface area contributed by atoms with Gasteiger partial charge in [0.05, 0.1) is 17.8 Å². The number of rotatable bonds is 4. The Kier molecular flexibility index (Phi) is 3.97. The minimum Gasteiger partial charge on any atom is -0.454 e. The van der Waals surface area contributed by atoms with Gasteiger partial charge in [-0.3, -0.25) is 4.79 Å². The van der Waals surface area contributed by atoms with E-state index in [1.165, 1.54) is 0 Å². The number of hydrogen-bond donors (Lipinski definition) is 1. The van der Waals surface area contributed by atoms with Crippen LogP contribution < -0.4 is 14.8 Å². The number of hydrogen-bond acceptors (Lipinski definition) is 7. The molecule has 0 fully saturated rings. The summed E-state index contributed by atoms with van der Waals surface area (Å²) >= 11 is 0. The van der Waals surface area contributed by atoms with Crippen molar-refractivity contribution in [2.45, 2.75) is 20.3 Å². The predicted octanol–water partition coefficient (Wildman–Crippen LogP) is 4.01. The van der Waals surface area contributed by atoms with E-state index in [0.717, 1.165) is 5.56 Å². The van der Waals surface area contributed by atoms with Crippen LogP contribution in [0, 0.1) is 13.8 Å². The number of benzene rings is 2. The second-order valence-corrected chi connectivity index (χ2v) is 6.70. The summed E-state index contributed by atoms with van der Waals surface area (Å²) in [5.74, 6) is 2.67.